The van der Waals surface area contributed by atoms with Crippen LogP contribution in [0.1, 0.15) is 66.2 Å². The second kappa shape index (κ2) is 6.32. The number of allylic oxidation sites excluding steroid dienone is 2. The van der Waals surface area contributed by atoms with Gasteiger partial charge in [0.2, 0.25) is 5.91 Å². The van der Waals surface area contributed by atoms with Crippen molar-refractivity contribution in [3.8, 4) is 0 Å². The van der Waals surface area contributed by atoms with Crippen LogP contribution in [0.2, 0.25) is 0 Å². The summed E-state index contributed by atoms with van der Waals surface area (Å²) in [5, 5.41) is 0. The molecule has 0 bridgehead atoms. The number of carbonyl (C=O) groups excluding carboxylic acids is 1. The molecular formula is C18H31NO. The third kappa shape index (κ3) is 3.86. The lowest BCUT2D eigenvalue weighted by atomic mass is 10.0. The van der Waals surface area contributed by atoms with Gasteiger partial charge in [-0.25, -0.2) is 0 Å². The van der Waals surface area contributed by atoms with Crippen molar-refractivity contribution in [1.29, 1.82) is 0 Å². The van der Waals surface area contributed by atoms with Crippen LogP contribution in [0, 0.1) is 17.3 Å². The van der Waals surface area contributed by atoms with Gasteiger partial charge in [0.25, 0.3) is 0 Å². The van der Waals surface area contributed by atoms with E-state index >= 15 is 0 Å². The van der Waals surface area contributed by atoms with Gasteiger partial charge in [-0.2, -0.15) is 0 Å². The van der Waals surface area contributed by atoms with Crippen molar-refractivity contribution in [3.05, 3.63) is 12.2 Å². The predicted molar refractivity (Wildman–Crippen MR) is 84.5 cm³/mol. The van der Waals surface area contributed by atoms with E-state index in [1.54, 1.807) is 0 Å². The van der Waals surface area contributed by atoms with Gasteiger partial charge in [-0.3, -0.25) is 4.79 Å². The Labute approximate surface area is 124 Å². The molecule has 2 fully saturated rings. The van der Waals surface area contributed by atoms with Crippen LogP contribution >= 0.6 is 0 Å². The Balaban J connectivity index is 1.81. The van der Waals surface area contributed by atoms with Gasteiger partial charge in [-0.15, -0.1) is 0 Å². The van der Waals surface area contributed by atoms with Crippen molar-refractivity contribution in [1.82, 2.24) is 4.90 Å². The first kappa shape index (κ1) is 15.6. The lowest BCUT2D eigenvalue weighted by Gasteiger charge is -2.30. The van der Waals surface area contributed by atoms with E-state index in [1.807, 2.05) is 0 Å². The maximum Gasteiger partial charge on any atom is 0.225 e. The molecular weight excluding hydrogens is 246 g/mol. The molecule has 0 heterocycles. The van der Waals surface area contributed by atoms with Gasteiger partial charge in [-0.1, -0.05) is 26.0 Å². The molecule has 2 saturated carbocycles. The molecule has 2 nitrogen and oxygen atoms in total. The van der Waals surface area contributed by atoms with E-state index in [0.717, 1.165) is 31.7 Å². The van der Waals surface area contributed by atoms with Gasteiger partial charge >= 0.3 is 0 Å². The topological polar surface area (TPSA) is 20.3 Å². The molecule has 2 aliphatic rings. The van der Waals surface area contributed by atoms with Gasteiger partial charge in [-0.05, 0) is 63.7 Å². The number of nitrogens with zero attached hydrogens (tertiary/aromatic N) is 1. The Kier molecular flexibility index (Phi) is 4.93. The maximum atomic E-state index is 12.4. The second-order valence-electron chi connectivity index (χ2n) is 7.35. The summed E-state index contributed by atoms with van der Waals surface area (Å²) in [6, 6.07) is 0.348. The highest BCUT2D eigenvalue weighted by Gasteiger charge is 2.51. The summed E-state index contributed by atoms with van der Waals surface area (Å²) < 4.78 is 0. The second-order valence-corrected chi connectivity index (χ2v) is 7.35. The highest BCUT2D eigenvalue weighted by atomic mass is 16.2. The lowest BCUT2D eigenvalue weighted by molar-refractivity contribution is -0.135. The lowest BCUT2D eigenvalue weighted by Crippen LogP contribution is -2.41. The number of amides is 1. The summed E-state index contributed by atoms with van der Waals surface area (Å²) in [6.07, 6.45) is 11.7. The molecule has 2 rings (SSSR count). The number of hydrogen-bond donors (Lipinski definition) is 0. The smallest absolute Gasteiger partial charge is 0.225 e. The summed E-state index contributed by atoms with van der Waals surface area (Å²) in [5.41, 5.74) is 0.384. The van der Waals surface area contributed by atoms with Crippen LogP contribution in [0.25, 0.3) is 0 Å². The van der Waals surface area contributed by atoms with Crippen molar-refractivity contribution in [2.75, 3.05) is 6.54 Å². The zero-order chi connectivity index (χ0) is 14.8. The Morgan fingerprint density at radius 3 is 2.60 bits per heavy atom. The number of hydrogen-bond acceptors (Lipinski definition) is 1. The summed E-state index contributed by atoms with van der Waals surface area (Å²) in [5.74, 6) is 1.58. The van der Waals surface area contributed by atoms with Gasteiger partial charge in [0.15, 0.2) is 0 Å². The third-order valence-electron chi connectivity index (χ3n) is 4.99. The van der Waals surface area contributed by atoms with E-state index in [9.17, 15) is 4.79 Å². The zero-order valence-electron chi connectivity index (χ0n) is 13.7. The summed E-state index contributed by atoms with van der Waals surface area (Å²) in [6.45, 7) is 9.84. The van der Waals surface area contributed by atoms with Crippen LogP contribution in [-0.4, -0.2) is 23.4 Å². The van der Waals surface area contributed by atoms with E-state index in [1.165, 1.54) is 19.3 Å². The third-order valence-corrected chi connectivity index (χ3v) is 4.99. The fourth-order valence-electron chi connectivity index (χ4n) is 3.20. The monoisotopic (exact) mass is 277 g/mol. The SMILES string of the molecule is CCC=CCCC1CC1(C)CN(C(=O)C1CC1)C(C)C. The minimum atomic E-state index is 0.348. The minimum Gasteiger partial charge on any atom is -0.339 e. The van der Waals surface area contributed by atoms with E-state index in [4.69, 9.17) is 0 Å². The zero-order valence-corrected chi connectivity index (χ0v) is 13.7. The van der Waals surface area contributed by atoms with Crippen LogP contribution < -0.4 is 0 Å². The summed E-state index contributed by atoms with van der Waals surface area (Å²) in [7, 11) is 0. The van der Waals surface area contributed by atoms with E-state index in [-0.39, 0.29) is 0 Å². The summed E-state index contributed by atoms with van der Waals surface area (Å²) in [4.78, 5) is 14.5. The fourth-order valence-corrected chi connectivity index (χ4v) is 3.20. The van der Waals surface area contributed by atoms with Gasteiger partial charge in [0.1, 0.15) is 0 Å². The first-order valence-corrected chi connectivity index (χ1v) is 8.43. The highest BCUT2D eigenvalue weighted by molar-refractivity contribution is 5.81. The first-order chi connectivity index (χ1) is 9.48. The van der Waals surface area contributed by atoms with Crippen LogP contribution in [0.5, 0.6) is 0 Å². The average Bonchev–Trinajstić information content (AvgIpc) is 3.28. The van der Waals surface area contributed by atoms with Crippen LogP contribution in [0.4, 0.5) is 0 Å². The van der Waals surface area contributed by atoms with Crippen molar-refractivity contribution in [3.63, 3.8) is 0 Å². The van der Waals surface area contributed by atoms with Crippen molar-refractivity contribution < 1.29 is 4.79 Å². The molecule has 0 aromatic heterocycles. The Hall–Kier alpha value is -0.790. The normalized spacial score (nSPS) is 29.1. The van der Waals surface area contributed by atoms with E-state index in [0.29, 0.717) is 23.3 Å². The van der Waals surface area contributed by atoms with Gasteiger partial charge in [0, 0.05) is 18.5 Å². The van der Waals surface area contributed by atoms with Crippen LogP contribution in [0.15, 0.2) is 12.2 Å². The quantitative estimate of drug-likeness (QED) is 0.602. The number of rotatable bonds is 8. The standard InChI is InChI=1S/C18H31NO/c1-5-6-7-8-9-16-12-18(16,4)13-19(14(2)3)17(20)15-10-11-15/h6-7,14-16H,5,8-13H2,1-4H3. The molecule has 2 heteroatoms. The summed E-state index contributed by atoms with van der Waals surface area (Å²) >= 11 is 0. The van der Waals surface area contributed by atoms with Crippen molar-refractivity contribution in [2.24, 2.45) is 17.3 Å². The van der Waals surface area contributed by atoms with Gasteiger partial charge < -0.3 is 4.90 Å². The average molecular weight is 277 g/mol. The Morgan fingerprint density at radius 2 is 2.05 bits per heavy atom. The van der Waals surface area contributed by atoms with E-state index < -0.39 is 0 Å². The van der Waals surface area contributed by atoms with Crippen LogP contribution in [0.3, 0.4) is 0 Å². The Bertz CT molecular complexity index is 370. The van der Waals surface area contributed by atoms with Crippen LogP contribution in [-0.2, 0) is 4.79 Å². The maximum absolute atomic E-state index is 12.4. The molecule has 0 aliphatic heterocycles. The molecule has 0 aromatic carbocycles. The van der Waals surface area contributed by atoms with Crippen molar-refractivity contribution in [2.45, 2.75) is 72.3 Å². The highest BCUT2D eigenvalue weighted by Crippen LogP contribution is 2.55. The largest absolute Gasteiger partial charge is 0.339 e. The molecule has 0 saturated heterocycles. The molecule has 1 amide bonds. The minimum absolute atomic E-state index is 0.348. The van der Waals surface area contributed by atoms with Gasteiger partial charge in [0.05, 0.1) is 0 Å². The molecule has 114 valence electrons. The molecule has 0 radical (unpaired) electrons. The molecule has 0 N–H and O–H groups in total. The molecule has 2 atom stereocenters. The predicted octanol–water partition coefficient (Wildman–Crippen LogP) is 4.41. The van der Waals surface area contributed by atoms with Crippen molar-refractivity contribution >= 4 is 5.91 Å². The van der Waals surface area contributed by atoms with E-state index in [2.05, 4.69) is 44.7 Å². The fraction of sp³-hybridized carbons (Fsp3) is 0.833. The first-order valence-electron chi connectivity index (χ1n) is 8.43. The number of carbonyl (C=O) groups is 1. The molecule has 0 spiro atoms. The molecule has 0 aromatic rings. The molecule has 2 aliphatic carbocycles. The molecule has 20 heavy (non-hydrogen) atoms. The Morgan fingerprint density at radius 1 is 1.35 bits per heavy atom. The molecule has 2 unspecified atom stereocenters.